The van der Waals surface area contributed by atoms with Crippen LogP contribution in [-0.2, 0) is 4.79 Å². The molecule has 0 saturated heterocycles. The third kappa shape index (κ3) is 39.6. The first-order chi connectivity index (χ1) is 25.7. The molecule has 0 saturated carbocycles. The topological polar surface area (TPSA) is 69.6 Å². The van der Waals surface area contributed by atoms with Gasteiger partial charge in [0.05, 0.1) is 18.8 Å². The minimum Gasteiger partial charge on any atom is -0.394 e. The highest BCUT2D eigenvalue weighted by molar-refractivity contribution is 5.76. The molecule has 2 unspecified atom stereocenters. The van der Waals surface area contributed by atoms with Crippen molar-refractivity contribution >= 4 is 5.91 Å². The van der Waals surface area contributed by atoms with Crippen molar-refractivity contribution < 1.29 is 15.0 Å². The molecular formula is C48H89NO3. The summed E-state index contributed by atoms with van der Waals surface area (Å²) < 4.78 is 0. The second-order valence-electron chi connectivity index (χ2n) is 15.5. The highest BCUT2D eigenvalue weighted by Crippen LogP contribution is 2.15. The molecule has 4 heteroatoms. The zero-order chi connectivity index (χ0) is 37.8. The number of aliphatic hydroxyl groups excluding tert-OH is 2. The van der Waals surface area contributed by atoms with Crippen molar-refractivity contribution in [2.75, 3.05) is 6.61 Å². The Hall–Kier alpha value is -1.65. The van der Waals surface area contributed by atoms with Gasteiger partial charge >= 0.3 is 0 Å². The van der Waals surface area contributed by atoms with Gasteiger partial charge in [-0.15, -0.1) is 0 Å². The molecule has 0 aliphatic rings. The summed E-state index contributed by atoms with van der Waals surface area (Å²) in [6, 6.07) is -0.624. The quantitative estimate of drug-likeness (QED) is 0.0434. The standard InChI is InChI=1S/C48H89NO3/c1-3-5-7-9-11-13-15-17-19-20-21-22-23-24-25-26-27-28-30-32-34-36-38-40-42-44-48(52)49-46(45-50)47(51)43-41-39-37-35-33-31-29-18-16-14-12-10-8-6-4-2/h15,17,20-21,23-24,41,43,46-47,50-51H,3-14,16,18-19,22,25-40,42,44-45H2,1-2H3,(H,49,52)/b17-15-,21-20-,24-23-,43-41+. The maximum absolute atomic E-state index is 12.4. The van der Waals surface area contributed by atoms with Gasteiger partial charge in [0.25, 0.3) is 0 Å². The monoisotopic (exact) mass is 728 g/mol. The smallest absolute Gasteiger partial charge is 0.220 e. The minimum atomic E-state index is -0.841. The summed E-state index contributed by atoms with van der Waals surface area (Å²) in [5.74, 6) is -0.0687. The predicted octanol–water partition coefficient (Wildman–Crippen LogP) is 14.4. The maximum atomic E-state index is 12.4. The van der Waals surface area contributed by atoms with E-state index in [1.165, 1.54) is 173 Å². The SMILES string of the molecule is CCCCCCC/C=C\C/C=C\C/C=C\CCCCCCCCCCCCC(=O)NC(CO)C(O)/C=C/CCCCCCCCCCCCCCC. The second-order valence-corrected chi connectivity index (χ2v) is 15.5. The third-order valence-corrected chi connectivity index (χ3v) is 10.3. The van der Waals surface area contributed by atoms with Crippen LogP contribution >= 0.6 is 0 Å². The van der Waals surface area contributed by atoms with E-state index >= 15 is 0 Å². The lowest BCUT2D eigenvalue weighted by atomic mass is 10.0. The Balaban J connectivity index is 3.57. The Morgan fingerprint density at radius 2 is 0.788 bits per heavy atom. The average molecular weight is 728 g/mol. The van der Waals surface area contributed by atoms with Gasteiger partial charge in [0.15, 0.2) is 0 Å². The zero-order valence-electron chi connectivity index (χ0n) is 34.8. The number of unbranched alkanes of at least 4 members (excludes halogenated alkanes) is 28. The summed E-state index contributed by atoms with van der Waals surface area (Å²) in [4.78, 5) is 12.4. The van der Waals surface area contributed by atoms with Crippen LogP contribution in [0.1, 0.15) is 232 Å². The summed E-state index contributed by atoms with van der Waals surface area (Å²) in [7, 11) is 0. The van der Waals surface area contributed by atoms with E-state index in [0.29, 0.717) is 6.42 Å². The lowest BCUT2D eigenvalue weighted by Gasteiger charge is -2.20. The van der Waals surface area contributed by atoms with Gasteiger partial charge in [0, 0.05) is 6.42 Å². The molecule has 0 heterocycles. The zero-order valence-corrected chi connectivity index (χ0v) is 34.8. The van der Waals surface area contributed by atoms with Crippen molar-refractivity contribution in [2.24, 2.45) is 0 Å². The molecule has 304 valence electrons. The van der Waals surface area contributed by atoms with E-state index in [1.54, 1.807) is 6.08 Å². The van der Waals surface area contributed by atoms with Gasteiger partial charge in [-0.25, -0.2) is 0 Å². The first kappa shape index (κ1) is 50.4. The molecule has 0 aromatic rings. The molecule has 0 radical (unpaired) electrons. The molecule has 0 aliphatic heterocycles. The van der Waals surface area contributed by atoms with Gasteiger partial charge in [0.2, 0.25) is 5.91 Å². The Bertz CT molecular complexity index is 831. The third-order valence-electron chi connectivity index (χ3n) is 10.3. The van der Waals surface area contributed by atoms with E-state index in [-0.39, 0.29) is 12.5 Å². The van der Waals surface area contributed by atoms with E-state index in [1.807, 2.05) is 6.08 Å². The van der Waals surface area contributed by atoms with Gasteiger partial charge in [-0.2, -0.15) is 0 Å². The number of amides is 1. The van der Waals surface area contributed by atoms with E-state index in [0.717, 1.165) is 38.5 Å². The molecule has 3 N–H and O–H groups in total. The lowest BCUT2D eigenvalue weighted by Crippen LogP contribution is -2.45. The van der Waals surface area contributed by atoms with E-state index in [4.69, 9.17) is 0 Å². The summed E-state index contributed by atoms with van der Waals surface area (Å²) >= 11 is 0. The Morgan fingerprint density at radius 3 is 1.17 bits per heavy atom. The van der Waals surface area contributed by atoms with Gasteiger partial charge in [0.1, 0.15) is 0 Å². The summed E-state index contributed by atoms with van der Waals surface area (Å²) in [5, 5.41) is 23.0. The van der Waals surface area contributed by atoms with Crippen molar-refractivity contribution in [2.45, 2.75) is 244 Å². The van der Waals surface area contributed by atoms with Crippen molar-refractivity contribution in [1.82, 2.24) is 5.32 Å². The van der Waals surface area contributed by atoms with Crippen LogP contribution in [0.5, 0.6) is 0 Å². The van der Waals surface area contributed by atoms with Crippen LogP contribution in [0.15, 0.2) is 48.6 Å². The average Bonchev–Trinajstić information content (AvgIpc) is 3.15. The maximum Gasteiger partial charge on any atom is 0.220 e. The number of carbonyl (C=O) groups excluding carboxylic acids is 1. The molecule has 0 fully saturated rings. The molecule has 0 rings (SSSR count). The second kappa shape index (κ2) is 43.8. The molecule has 4 nitrogen and oxygen atoms in total. The number of hydrogen-bond donors (Lipinski definition) is 3. The number of aliphatic hydroxyl groups is 2. The Labute approximate surface area is 324 Å². The van der Waals surface area contributed by atoms with Crippen LogP contribution in [0.3, 0.4) is 0 Å². The summed E-state index contributed by atoms with van der Waals surface area (Å²) in [6.07, 6.45) is 59.3. The van der Waals surface area contributed by atoms with Crippen LogP contribution in [0.4, 0.5) is 0 Å². The molecule has 0 aromatic carbocycles. The molecule has 0 spiro atoms. The number of carbonyl (C=O) groups is 1. The number of allylic oxidation sites excluding steroid dienone is 7. The van der Waals surface area contributed by atoms with Gasteiger partial charge in [-0.1, -0.05) is 217 Å². The van der Waals surface area contributed by atoms with Crippen LogP contribution in [0.25, 0.3) is 0 Å². The van der Waals surface area contributed by atoms with Crippen LogP contribution in [0, 0.1) is 0 Å². The fourth-order valence-corrected chi connectivity index (χ4v) is 6.77. The molecular weight excluding hydrogens is 639 g/mol. The van der Waals surface area contributed by atoms with Crippen LogP contribution in [-0.4, -0.2) is 34.9 Å². The van der Waals surface area contributed by atoms with Crippen LogP contribution < -0.4 is 5.32 Å². The Morgan fingerprint density at radius 1 is 0.462 bits per heavy atom. The number of rotatable bonds is 41. The first-order valence-corrected chi connectivity index (χ1v) is 22.9. The number of hydrogen-bond acceptors (Lipinski definition) is 3. The van der Waals surface area contributed by atoms with Crippen molar-refractivity contribution in [3.63, 3.8) is 0 Å². The van der Waals surface area contributed by atoms with Crippen molar-refractivity contribution in [3.05, 3.63) is 48.6 Å². The normalized spacial score (nSPS) is 13.4. The van der Waals surface area contributed by atoms with Crippen molar-refractivity contribution in [1.29, 1.82) is 0 Å². The molecule has 0 aromatic heterocycles. The summed E-state index contributed by atoms with van der Waals surface area (Å²) in [6.45, 7) is 4.30. The molecule has 2 atom stereocenters. The fourth-order valence-electron chi connectivity index (χ4n) is 6.77. The minimum absolute atomic E-state index is 0.0687. The first-order valence-electron chi connectivity index (χ1n) is 22.9. The molecule has 1 amide bonds. The molecule has 0 bridgehead atoms. The van der Waals surface area contributed by atoms with E-state index in [9.17, 15) is 15.0 Å². The van der Waals surface area contributed by atoms with Crippen molar-refractivity contribution in [3.8, 4) is 0 Å². The highest BCUT2D eigenvalue weighted by atomic mass is 16.3. The van der Waals surface area contributed by atoms with Crippen LogP contribution in [0.2, 0.25) is 0 Å². The van der Waals surface area contributed by atoms with Gasteiger partial charge in [-0.3, -0.25) is 4.79 Å². The Kier molecular flexibility index (Phi) is 42.4. The van der Waals surface area contributed by atoms with E-state index in [2.05, 4.69) is 55.6 Å². The van der Waals surface area contributed by atoms with Gasteiger partial charge < -0.3 is 15.5 Å². The highest BCUT2D eigenvalue weighted by Gasteiger charge is 2.17. The lowest BCUT2D eigenvalue weighted by molar-refractivity contribution is -0.123. The largest absolute Gasteiger partial charge is 0.394 e. The number of nitrogens with one attached hydrogen (secondary N) is 1. The van der Waals surface area contributed by atoms with Gasteiger partial charge in [-0.05, 0) is 57.8 Å². The molecule has 52 heavy (non-hydrogen) atoms. The molecule has 0 aliphatic carbocycles. The van der Waals surface area contributed by atoms with E-state index < -0.39 is 12.1 Å². The predicted molar refractivity (Wildman–Crippen MR) is 230 cm³/mol. The summed E-state index contributed by atoms with van der Waals surface area (Å²) in [5.41, 5.74) is 0. The fraction of sp³-hybridized carbons (Fsp3) is 0.812.